The number of nitrogens with zero attached hydrogens (tertiary/aromatic N) is 1. The van der Waals surface area contributed by atoms with Crippen molar-refractivity contribution in [3.05, 3.63) is 18.2 Å². The SMILES string of the molecule is CCC(C)Nc1nc2cc(N)ccc2o1. The van der Waals surface area contributed by atoms with Gasteiger partial charge in [-0.05, 0) is 31.5 Å². The van der Waals surface area contributed by atoms with Gasteiger partial charge in [0.2, 0.25) is 0 Å². The molecule has 0 aliphatic heterocycles. The second-order valence-electron chi connectivity index (χ2n) is 3.70. The van der Waals surface area contributed by atoms with Gasteiger partial charge in [-0.15, -0.1) is 0 Å². The lowest BCUT2D eigenvalue weighted by atomic mass is 10.3. The molecule has 0 fully saturated rings. The normalized spacial score (nSPS) is 12.9. The molecule has 2 aromatic rings. The van der Waals surface area contributed by atoms with Gasteiger partial charge in [-0.1, -0.05) is 6.92 Å². The van der Waals surface area contributed by atoms with E-state index >= 15 is 0 Å². The predicted molar refractivity (Wildman–Crippen MR) is 61.8 cm³/mol. The fourth-order valence-electron chi connectivity index (χ4n) is 1.32. The quantitative estimate of drug-likeness (QED) is 0.756. The molecule has 4 heteroatoms. The van der Waals surface area contributed by atoms with Gasteiger partial charge >= 0.3 is 0 Å². The number of fused-ring (bicyclic) bond motifs is 1. The van der Waals surface area contributed by atoms with E-state index in [0.717, 1.165) is 17.5 Å². The average molecular weight is 205 g/mol. The van der Waals surface area contributed by atoms with Crippen molar-refractivity contribution in [3.63, 3.8) is 0 Å². The Balaban J connectivity index is 2.30. The highest BCUT2D eigenvalue weighted by molar-refractivity contribution is 5.78. The Morgan fingerprint density at radius 2 is 2.33 bits per heavy atom. The Labute approximate surface area is 88.5 Å². The fraction of sp³-hybridized carbons (Fsp3) is 0.364. The van der Waals surface area contributed by atoms with E-state index in [1.807, 2.05) is 6.07 Å². The van der Waals surface area contributed by atoms with Crippen LogP contribution in [0.1, 0.15) is 20.3 Å². The molecule has 0 amide bonds. The lowest BCUT2D eigenvalue weighted by molar-refractivity contribution is 0.596. The van der Waals surface area contributed by atoms with Crippen molar-refractivity contribution in [1.29, 1.82) is 0 Å². The summed E-state index contributed by atoms with van der Waals surface area (Å²) < 4.78 is 5.52. The van der Waals surface area contributed by atoms with Gasteiger partial charge in [0.25, 0.3) is 6.01 Å². The molecule has 3 N–H and O–H groups in total. The van der Waals surface area contributed by atoms with Gasteiger partial charge in [0, 0.05) is 11.7 Å². The number of hydrogen-bond donors (Lipinski definition) is 2. The number of benzene rings is 1. The molecule has 1 unspecified atom stereocenters. The second kappa shape index (κ2) is 3.81. The third-order valence-electron chi connectivity index (χ3n) is 2.39. The number of nitrogens with one attached hydrogen (secondary N) is 1. The lowest BCUT2D eigenvalue weighted by Gasteiger charge is -2.07. The van der Waals surface area contributed by atoms with E-state index in [1.165, 1.54) is 0 Å². The van der Waals surface area contributed by atoms with Crippen LogP contribution in [0.4, 0.5) is 11.7 Å². The molecule has 4 nitrogen and oxygen atoms in total. The van der Waals surface area contributed by atoms with E-state index in [-0.39, 0.29) is 0 Å². The van der Waals surface area contributed by atoms with E-state index in [9.17, 15) is 0 Å². The molecule has 15 heavy (non-hydrogen) atoms. The molecule has 1 aromatic heterocycles. The highest BCUT2D eigenvalue weighted by atomic mass is 16.4. The number of aromatic nitrogens is 1. The van der Waals surface area contributed by atoms with E-state index in [2.05, 4.69) is 24.1 Å². The summed E-state index contributed by atoms with van der Waals surface area (Å²) in [5.74, 6) is 0. The van der Waals surface area contributed by atoms with Crippen LogP contribution >= 0.6 is 0 Å². The standard InChI is InChI=1S/C11H15N3O/c1-3-7(2)13-11-14-9-6-8(12)4-5-10(9)15-11/h4-7H,3,12H2,1-2H3,(H,13,14). The molecule has 0 bridgehead atoms. The minimum Gasteiger partial charge on any atom is -0.424 e. The maximum Gasteiger partial charge on any atom is 0.295 e. The third-order valence-corrected chi connectivity index (χ3v) is 2.39. The number of oxazole rings is 1. The van der Waals surface area contributed by atoms with Crippen LogP contribution in [0.5, 0.6) is 0 Å². The van der Waals surface area contributed by atoms with E-state index < -0.39 is 0 Å². The van der Waals surface area contributed by atoms with Crippen molar-refractivity contribution in [2.24, 2.45) is 0 Å². The first-order valence-electron chi connectivity index (χ1n) is 5.11. The van der Waals surface area contributed by atoms with Crippen molar-refractivity contribution in [3.8, 4) is 0 Å². The minimum absolute atomic E-state index is 0.357. The van der Waals surface area contributed by atoms with E-state index in [0.29, 0.717) is 17.7 Å². The van der Waals surface area contributed by atoms with Crippen LogP contribution in [0.25, 0.3) is 11.1 Å². The van der Waals surface area contributed by atoms with Gasteiger partial charge in [0.1, 0.15) is 5.52 Å². The van der Waals surface area contributed by atoms with E-state index in [4.69, 9.17) is 10.2 Å². The van der Waals surface area contributed by atoms with Gasteiger partial charge in [-0.25, -0.2) is 0 Å². The zero-order valence-corrected chi connectivity index (χ0v) is 8.95. The van der Waals surface area contributed by atoms with Crippen LogP contribution in [0.15, 0.2) is 22.6 Å². The first-order valence-corrected chi connectivity index (χ1v) is 5.11. The summed E-state index contributed by atoms with van der Waals surface area (Å²) in [6.45, 7) is 4.20. The van der Waals surface area contributed by atoms with E-state index in [1.54, 1.807) is 12.1 Å². The predicted octanol–water partition coefficient (Wildman–Crippen LogP) is 2.62. The zero-order chi connectivity index (χ0) is 10.8. The minimum atomic E-state index is 0.357. The van der Waals surface area contributed by atoms with Gasteiger partial charge in [-0.2, -0.15) is 4.98 Å². The molecule has 0 aliphatic carbocycles. The molecule has 0 spiro atoms. The maximum atomic E-state index is 5.66. The van der Waals surface area contributed by atoms with Crippen LogP contribution in [-0.4, -0.2) is 11.0 Å². The Morgan fingerprint density at radius 3 is 3.07 bits per heavy atom. The van der Waals surface area contributed by atoms with Gasteiger partial charge in [-0.3, -0.25) is 0 Å². The van der Waals surface area contributed by atoms with Crippen molar-refractivity contribution >= 4 is 22.8 Å². The van der Waals surface area contributed by atoms with Gasteiger partial charge in [0.15, 0.2) is 5.58 Å². The molecule has 0 saturated carbocycles. The fourth-order valence-corrected chi connectivity index (χ4v) is 1.32. The number of nitrogen functional groups attached to an aromatic ring is 1. The smallest absolute Gasteiger partial charge is 0.295 e. The Bertz CT molecular complexity index is 464. The number of hydrogen-bond acceptors (Lipinski definition) is 4. The molecule has 1 heterocycles. The molecule has 80 valence electrons. The molecule has 1 aromatic carbocycles. The average Bonchev–Trinajstić information content (AvgIpc) is 2.59. The molecular weight excluding hydrogens is 190 g/mol. The van der Waals surface area contributed by atoms with Crippen LogP contribution in [0, 0.1) is 0 Å². The van der Waals surface area contributed by atoms with Crippen LogP contribution in [-0.2, 0) is 0 Å². The molecule has 2 rings (SSSR count). The molecule has 0 saturated heterocycles. The lowest BCUT2D eigenvalue weighted by Crippen LogP contribution is -2.13. The monoisotopic (exact) mass is 205 g/mol. The van der Waals surface area contributed by atoms with Gasteiger partial charge in [0.05, 0.1) is 0 Å². The number of anilines is 2. The molecule has 0 radical (unpaired) electrons. The largest absolute Gasteiger partial charge is 0.424 e. The number of rotatable bonds is 3. The molecule has 0 aliphatic rings. The zero-order valence-electron chi connectivity index (χ0n) is 8.95. The first kappa shape index (κ1) is 9.83. The first-order chi connectivity index (χ1) is 7.19. The molecular formula is C11H15N3O. The van der Waals surface area contributed by atoms with Gasteiger partial charge < -0.3 is 15.5 Å². The summed E-state index contributed by atoms with van der Waals surface area (Å²) >= 11 is 0. The Kier molecular flexibility index (Phi) is 2.49. The Morgan fingerprint density at radius 1 is 1.53 bits per heavy atom. The summed E-state index contributed by atoms with van der Waals surface area (Å²) in [6, 6.07) is 6.36. The van der Waals surface area contributed by atoms with Crippen LogP contribution in [0.3, 0.4) is 0 Å². The topological polar surface area (TPSA) is 64.1 Å². The summed E-state index contributed by atoms with van der Waals surface area (Å²) in [5, 5.41) is 3.18. The maximum absolute atomic E-state index is 5.66. The molecule has 1 atom stereocenters. The third kappa shape index (κ3) is 2.03. The van der Waals surface area contributed by atoms with Crippen LogP contribution in [0.2, 0.25) is 0 Å². The summed E-state index contributed by atoms with van der Waals surface area (Å²) in [4.78, 5) is 4.30. The highest BCUT2D eigenvalue weighted by Crippen LogP contribution is 2.21. The highest BCUT2D eigenvalue weighted by Gasteiger charge is 2.07. The summed E-state index contributed by atoms with van der Waals surface area (Å²) in [7, 11) is 0. The second-order valence-corrected chi connectivity index (χ2v) is 3.70. The van der Waals surface area contributed by atoms with Crippen molar-refractivity contribution in [1.82, 2.24) is 4.98 Å². The Hall–Kier alpha value is -1.71. The van der Waals surface area contributed by atoms with Crippen molar-refractivity contribution in [2.75, 3.05) is 11.1 Å². The number of nitrogens with two attached hydrogens (primary N) is 1. The summed E-state index contributed by atoms with van der Waals surface area (Å²) in [6.07, 6.45) is 1.03. The summed E-state index contributed by atoms with van der Waals surface area (Å²) in [5.41, 5.74) is 7.91. The van der Waals surface area contributed by atoms with Crippen molar-refractivity contribution in [2.45, 2.75) is 26.3 Å². The van der Waals surface area contributed by atoms with Crippen molar-refractivity contribution < 1.29 is 4.42 Å². The van der Waals surface area contributed by atoms with Crippen LogP contribution < -0.4 is 11.1 Å².